The molecule has 100 valence electrons. The maximum absolute atomic E-state index is 11.3. The zero-order chi connectivity index (χ0) is 13.1. The van der Waals surface area contributed by atoms with Gasteiger partial charge in [0.25, 0.3) is 0 Å². The molecule has 0 amide bonds. The summed E-state index contributed by atoms with van der Waals surface area (Å²) < 4.78 is 22.6. The first-order valence-electron chi connectivity index (χ1n) is 6.02. The van der Waals surface area contributed by atoms with Crippen LogP contribution in [0.3, 0.4) is 0 Å². The minimum Gasteiger partial charge on any atom is -0.308 e. The molecule has 17 heavy (non-hydrogen) atoms. The zero-order valence-corrected chi connectivity index (χ0v) is 11.9. The second-order valence-corrected chi connectivity index (χ2v) is 8.09. The smallest absolute Gasteiger partial charge is 0.152 e. The molecule has 0 saturated carbocycles. The van der Waals surface area contributed by atoms with Gasteiger partial charge in [-0.05, 0) is 26.3 Å². The van der Waals surface area contributed by atoms with E-state index < -0.39 is 9.84 Å². The lowest BCUT2D eigenvalue weighted by atomic mass is 10.1. The van der Waals surface area contributed by atoms with Gasteiger partial charge in [0, 0.05) is 31.7 Å². The van der Waals surface area contributed by atoms with Crippen molar-refractivity contribution < 1.29 is 8.42 Å². The molecule has 0 atom stereocenters. The van der Waals surface area contributed by atoms with Crippen LogP contribution < -0.4 is 5.32 Å². The minimum atomic E-state index is -2.77. The van der Waals surface area contributed by atoms with Gasteiger partial charge in [0.2, 0.25) is 0 Å². The molecule has 1 fully saturated rings. The van der Waals surface area contributed by atoms with Gasteiger partial charge in [-0.2, -0.15) is 0 Å². The molecule has 0 spiro atoms. The Morgan fingerprint density at radius 3 is 2.29 bits per heavy atom. The Labute approximate surface area is 105 Å². The zero-order valence-electron chi connectivity index (χ0n) is 11.1. The number of rotatable bonds is 4. The van der Waals surface area contributed by atoms with Crippen LogP contribution >= 0.6 is 0 Å². The van der Waals surface area contributed by atoms with Crippen molar-refractivity contribution in [2.24, 2.45) is 0 Å². The number of nitrogens with zero attached hydrogens (tertiary/aromatic N) is 1. The van der Waals surface area contributed by atoms with Gasteiger partial charge in [0.1, 0.15) is 0 Å². The van der Waals surface area contributed by atoms with Gasteiger partial charge in [0.15, 0.2) is 9.84 Å². The average Bonchev–Trinajstić information content (AvgIpc) is 2.17. The van der Waals surface area contributed by atoms with Crippen molar-refractivity contribution >= 4 is 9.84 Å². The van der Waals surface area contributed by atoms with Crippen LogP contribution in [0.25, 0.3) is 0 Å². The molecular weight excluding hydrogens is 236 g/mol. The SMILES string of the molecule is C=C(CNC(C)(C)C)CN1CCS(=O)(=O)CC1. The van der Waals surface area contributed by atoms with Crippen LogP contribution in [0, 0.1) is 0 Å². The predicted molar refractivity (Wildman–Crippen MR) is 72.0 cm³/mol. The third kappa shape index (κ3) is 6.19. The summed E-state index contributed by atoms with van der Waals surface area (Å²) in [6, 6.07) is 0. The van der Waals surface area contributed by atoms with E-state index in [0.29, 0.717) is 13.1 Å². The highest BCUT2D eigenvalue weighted by atomic mass is 32.2. The lowest BCUT2D eigenvalue weighted by molar-refractivity contribution is 0.314. The van der Waals surface area contributed by atoms with Crippen molar-refractivity contribution in [3.05, 3.63) is 12.2 Å². The standard InChI is InChI=1S/C12H24N2O2S/c1-11(9-13-12(2,3)4)10-14-5-7-17(15,16)8-6-14/h13H,1,5-10H2,2-4H3. The summed E-state index contributed by atoms with van der Waals surface area (Å²) in [6.45, 7) is 13.2. The summed E-state index contributed by atoms with van der Waals surface area (Å²) >= 11 is 0. The van der Waals surface area contributed by atoms with E-state index in [1.54, 1.807) is 0 Å². The molecule has 4 nitrogen and oxygen atoms in total. The van der Waals surface area contributed by atoms with E-state index in [-0.39, 0.29) is 17.0 Å². The van der Waals surface area contributed by atoms with E-state index in [1.807, 2.05) is 0 Å². The third-order valence-corrected chi connectivity index (χ3v) is 4.36. The van der Waals surface area contributed by atoms with Gasteiger partial charge in [0.05, 0.1) is 11.5 Å². The molecule has 1 saturated heterocycles. The molecular formula is C12H24N2O2S. The van der Waals surface area contributed by atoms with E-state index in [2.05, 4.69) is 37.6 Å². The average molecular weight is 260 g/mol. The predicted octanol–water partition coefficient (Wildman–Crippen LogP) is 0.661. The van der Waals surface area contributed by atoms with Gasteiger partial charge in [-0.1, -0.05) is 6.58 Å². The van der Waals surface area contributed by atoms with Crippen LogP contribution in [0.15, 0.2) is 12.2 Å². The van der Waals surface area contributed by atoms with Crippen LogP contribution in [0.1, 0.15) is 20.8 Å². The van der Waals surface area contributed by atoms with Crippen molar-refractivity contribution in [3.63, 3.8) is 0 Å². The van der Waals surface area contributed by atoms with Gasteiger partial charge < -0.3 is 5.32 Å². The second kappa shape index (κ2) is 5.50. The topological polar surface area (TPSA) is 49.4 Å². The fourth-order valence-electron chi connectivity index (χ4n) is 1.67. The number of hydrogen-bond acceptors (Lipinski definition) is 4. The fraction of sp³-hybridized carbons (Fsp3) is 0.833. The van der Waals surface area contributed by atoms with Crippen molar-refractivity contribution in [1.29, 1.82) is 0 Å². The molecule has 0 unspecified atom stereocenters. The van der Waals surface area contributed by atoms with E-state index >= 15 is 0 Å². The van der Waals surface area contributed by atoms with Crippen molar-refractivity contribution in [3.8, 4) is 0 Å². The van der Waals surface area contributed by atoms with Gasteiger partial charge in [-0.15, -0.1) is 0 Å². The monoisotopic (exact) mass is 260 g/mol. The highest BCUT2D eigenvalue weighted by molar-refractivity contribution is 7.91. The molecule has 1 aliphatic heterocycles. The third-order valence-electron chi connectivity index (χ3n) is 2.75. The molecule has 1 rings (SSSR count). The summed E-state index contributed by atoms with van der Waals surface area (Å²) in [5, 5.41) is 3.38. The molecule has 1 aliphatic rings. The molecule has 1 N–H and O–H groups in total. The molecule has 1 heterocycles. The molecule has 5 heteroatoms. The maximum Gasteiger partial charge on any atom is 0.152 e. The summed E-state index contributed by atoms with van der Waals surface area (Å²) in [4.78, 5) is 2.16. The van der Waals surface area contributed by atoms with Crippen LogP contribution in [-0.2, 0) is 9.84 Å². The molecule has 0 bridgehead atoms. The lowest BCUT2D eigenvalue weighted by Gasteiger charge is -2.28. The van der Waals surface area contributed by atoms with E-state index in [4.69, 9.17) is 0 Å². The highest BCUT2D eigenvalue weighted by Gasteiger charge is 2.21. The largest absolute Gasteiger partial charge is 0.308 e. The van der Waals surface area contributed by atoms with E-state index in [1.165, 1.54) is 0 Å². The molecule has 0 aromatic carbocycles. The molecule has 0 aromatic rings. The molecule has 0 aliphatic carbocycles. The van der Waals surface area contributed by atoms with E-state index in [0.717, 1.165) is 18.7 Å². The Bertz CT molecular complexity index is 354. The van der Waals surface area contributed by atoms with Crippen LogP contribution in [-0.4, -0.2) is 56.5 Å². The van der Waals surface area contributed by atoms with Crippen LogP contribution in [0.2, 0.25) is 0 Å². The number of hydrogen-bond donors (Lipinski definition) is 1. The highest BCUT2D eigenvalue weighted by Crippen LogP contribution is 2.06. The Morgan fingerprint density at radius 1 is 1.29 bits per heavy atom. The van der Waals surface area contributed by atoms with Crippen LogP contribution in [0.4, 0.5) is 0 Å². The molecule has 0 radical (unpaired) electrons. The Balaban J connectivity index is 2.29. The Kier molecular flexibility index (Phi) is 4.75. The minimum absolute atomic E-state index is 0.0914. The maximum atomic E-state index is 11.3. The summed E-state index contributed by atoms with van der Waals surface area (Å²) in [5.74, 6) is 0.569. The summed E-state index contributed by atoms with van der Waals surface area (Å²) in [7, 11) is -2.77. The first kappa shape index (κ1) is 14.7. The Morgan fingerprint density at radius 2 is 1.82 bits per heavy atom. The van der Waals surface area contributed by atoms with Gasteiger partial charge in [-0.25, -0.2) is 8.42 Å². The summed E-state index contributed by atoms with van der Waals surface area (Å²) in [5.41, 5.74) is 1.20. The number of sulfone groups is 1. The quantitative estimate of drug-likeness (QED) is 0.755. The van der Waals surface area contributed by atoms with Crippen molar-refractivity contribution in [1.82, 2.24) is 10.2 Å². The Hall–Kier alpha value is -0.390. The van der Waals surface area contributed by atoms with Gasteiger partial charge >= 0.3 is 0 Å². The fourth-order valence-corrected chi connectivity index (χ4v) is 2.95. The molecule has 0 aromatic heterocycles. The van der Waals surface area contributed by atoms with Crippen molar-refractivity contribution in [2.45, 2.75) is 26.3 Å². The normalized spacial score (nSPS) is 21.4. The van der Waals surface area contributed by atoms with E-state index in [9.17, 15) is 8.42 Å². The van der Waals surface area contributed by atoms with Crippen molar-refractivity contribution in [2.75, 3.05) is 37.7 Å². The van der Waals surface area contributed by atoms with Crippen LogP contribution in [0.5, 0.6) is 0 Å². The first-order valence-corrected chi connectivity index (χ1v) is 7.84. The lowest BCUT2D eigenvalue weighted by Crippen LogP contribution is -2.43. The number of nitrogens with one attached hydrogen (secondary N) is 1. The second-order valence-electron chi connectivity index (χ2n) is 5.78. The first-order chi connectivity index (χ1) is 7.68. The summed E-state index contributed by atoms with van der Waals surface area (Å²) in [6.07, 6.45) is 0. The van der Waals surface area contributed by atoms with Gasteiger partial charge in [-0.3, -0.25) is 4.90 Å².